The number of Topliss-reactive ketones (excluding diaryl/α,β-unsaturated/α-hetero) is 1. The van der Waals surface area contributed by atoms with Crippen molar-refractivity contribution in [2.24, 2.45) is 5.92 Å². The number of ketones is 1. The van der Waals surface area contributed by atoms with Gasteiger partial charge >= 0.3 is 12.1 Å². The smallest absolute Gasteiger partial charge is 0.452 e. The number of aromatic nitrogens is 1. The van der Waals surface area contributed by atoms with E-state index in [1.807, 2.05) is 0 Å². The number of amides is 3. The maximum absolute atomic E-state index is 13.8. The van der Waals surface area contributed by atoms with Crippen LogP contribution in [0.3, 0.4) is 0 Å². The van der Waals surface area contributed by atoms with Crippen LogP contribution in [0.1, 0.15) is 41.5 Å². The fourth-order valence-electron chi connectivity index (χ4n) is 4.33. The highest BCUT2D eigenvalue weighted by Crippen LogP contribution is 2.23. The van der Waals surface area contributed by atoms with E-state index in [0.717, 1.165) is 0 Å². The van der Waals surface area contributed by atoms with Gasteiger partial charge in [0, 0.05) is 12.6 Å². The van der Waals surface area contributed by atoms with Crippen LogP contribution < -0.4 is 25.4 Å². The zero-order chi connectivity index (χ0) is 34.7. The maximum Gasteiger partial charge on any atom is 0.452 e. The van der Waals surface area contributed by atoms with Crippen molar-refractivity contribution >= 4 is 29.5 Å². The van der Waals surface area contributed by atoms with E-state index < -0.39 is 66.3 Å². The summed E-state index contributed by atoms with van der Waals surface area (Å²) >= 11 is 0. The molecule has 0 aliphatic carbocycles. The summed E-state index contributed by atoms with van der Waals surface area (Å²) in [6.07, 6.45) is -3.99. The van der Waals surface area contributed by atoms with Gasteiger partial charge in [0.15, 0.2) is 6.61 Å². The highest BCUT2D eigenvalue weighted by Gasteiger charge is 2.45. The van der Waals surface area contributed by atoms with Crippen molar-refractivity contribution in [2.75, 3.05) is 13.7 Å². The Balaban J connectivity index is 1.94. The highest BCUT2D eigenvalue weighted by molar-refractivity contribution is 5.98. The summed E-state index contributed by atoms with van der Waals surface area (Å²) < 4.78 is 50.3. The number of nitrogens with zero attached hydrogens (tertiary/aromatic N) is 1. The molecule has 15 heteroatoms. The van der Waals surface area contributed by atoms with Crippen molar-refractivity contribution < 1.29 is 51.7 Å². The summed E-state index contributed by atoms with van der Waals surface area (Å²) in [4.78, 5) is 67.3. The number of pyridine rings is 1. The standard InChI is InChI=1S/C32H33F3N4O8/c1-18(2)26(28(42)32(33,34)35)38-31(45)27(20-9-13-21(46-3)14-10-20)39-30(44)24(37-29(43)23-6-4-5-15-36-23)16-19-7-11-22(12-8-19)47-17-25(40)41/h4-15,18,24,26-27H,16-17H2,1-3H3,(H,37,43)(H,38,45)(H,39,44)(H,40,41). The lowest BCUT2D eigenvalue weighted by atomic mass is 9.97. The second-order valence-electron chi connectivity index (χ2n) is 10.6. The van der Waals surface area contributed by atoms with E-state index in [2.05, 4.69) is 20.9 Å². The van der Waals surface area contributed by atoms with E-state index >= 15 is 0 Å². The Bertz CT molecular complexity index is 1550. The molecule has 0 aliphatic heterocycles. The number of carbonyl (C=O) groups excluding carboxylic acids is 4. The van der Waals surface area contributed by atoms with Gasteiger partial charge in [0.2, 0.25) is 11.8 Å². The van der Waals surface area contributed by atoms with Crippen molar-refractivity contribution in [1.82, 2.24) is 20.9 Å². The number of benzene rings is 2. The van der Waals surface area contributed by atoms with Gasteiger partial charge in [0.05, 0.1) is 13.2 Å². The topological polar surface area (TPSA) is 173 Å². The van der Waals surface area contributed by atoms with Crippen molar-refractivity contribution in [3.63, 3.8) is 0 Å². The second-order valence-corrected chi connectivity index (χ2v) is 10.6. The summed E-state index contributed by atoms with van der Waals surface area (Å²) in [7, 11) is 1.40. The Morgan fingerprint density at radius 3 is 2.02 bits per heavy atom. The zero-order valence-corrected chi connectivity index (χ0v) is 25.5. The molecule has 3 amide bonds. The van der Waals surface area contributed by atoms with Gasteiger partial charge in [-0.25, -0.2) is 4.79 Å². The van der Waals surface area contributed by atoms with Crippen LogP contribution in [0.15, 0.2) is 72.9 Å². The van der Waals surface area contributed by atoms with E-state index in [9.17, 15) is 37.1 Å². The molecule has 0 radical (unpaired) electrons. The molecule has 4 N–H and O–H groups in total. The number of carboxylic acid groups (broad SMARTS) is 1. The van der Waals surface area contributed by atoms with Crippen LogP contribution in [0, 0.1) is 5.92 Å². The number of ether oxygens (including phenoxy) is 2. The number of halogens is 3. The van der Waals surface area contributed by atoms with Crippen molar-refractivity contribution in [2.45, 2.75) is 44.6 Å². The van der Waals surface area contributed by atoms with Crippen LogP contribution in [0.4, 0.5) is 13.2 Å². The molecule has 250 valence electrons. The fraction of sp³-hybridized carbons (Fsp3) is 0.312. The Labute approximate surface area is 267 Å². The average Bonchev–Trinajstić information content (AvgIpc) is 3.04. The van der Waals surface area contributed by atoms with Gasteiger partial charge in [0.1, 0.15) is 29.3 Å². The fourth-order valence-corrected chi connectivity index (χ4v) is 4.33. The molecule has 2 aromatic carbocycles. The van der Waals surface area contributed by atoms with Gasteiger partial charge in [-0.05, 0) is 53.4 Å². The van der Waals surface area contributed by atoms with E-state index in [1.165, 1.54) is 81.8 Å². The largest absolute Gasteiger partial charge is 0.497 e. The molecular formula is C32H33F3N4O8. The number of aliphatic carboxylic acids is 1. The number of hydrogen-bond acceptors (Lipinski definition) is 8. The van der Waals surface area contributed by atoms with Gasteiger partial charge in [-0.3, -0.25) is 24.2 Å². The van der Waals surface area contributed by atoms with Crippen LogP contribution in [0.5, 0.6) is 11.5 Å². The van der Waals surface area contributed by atoms with Crippen LogP contribution in [0.25, 0.3) is 0 Å². The van der Waals surface area contributed by atoms with Gasteiger partial charge in [-0.1, -0.05) is 44.2 Å². The molecule has 0 saturated heterocycles. The third-order valence-corrected chi connectivity index (χ3v) is 6.77. The molecule has 3 rings (SSSR count). The monoisotopic (exact) mass is 658 g/mol. The number of carboxylic acids is 1. The molecule has 47 heavy (non-hydrogen) atoms. The first-order chi connectivity index (χ1) is 22.2. The molecule has 3 aromatic rings. The molecule has 3 atom stereocenters. The number of nitrogens with one attached hydrogen (secondary N) is 3. The number of methoxy groups -OCH3 is 1. The number of carbonyl (C=O) groups is 5. The summed E-state index contributed by atoms with van der Waals surface area (Å²) in [6.45, 7) is 2.08. The third-order valence-electron chi connectivity index (χ3n) is 6.77. The van der Waals surface area contributed by atoms with Gasteiger partial charge in [-0.15, -0.1) is 0 Å². The second kappa shape index (κ2) is 16.2. The quantitative estimate of drug-likeness (QED) is 0.192. The average molecular weight is 659 g/mol. The maximum atomic E-state index is 13.8. The molecule has 1 heterocycles. The first-order valence-corrected chi connectivity index (χ1v) is 14.2. The number of alkyl halides is 3. The lowest BCUT2D eigenvalue weighted by Crippen LogP contribution is -2.55. The van der Waals surface area contributed by atoms with Crippen molar-refractivity contribution in [3.05, 3.63) is 89.7 Å². The molecule has 1 aromatic heterocycles. The van der Waals surface area contributed by atoms with E-state index in [4.69, 9.17) is 14.6 Å². The molecule has 0 bridgehead atoms. The molecule has 12 nitrogen and oxygen atoms in total. The lowest BCUT2D eigenvalue weighted by Gasteiger charge is -2.27. The van der Waals surface area contributed by atoms with E-state index in [1.54, 1.807) is 12.1 Å². The molecule has 3 unspecified atom stereocenters. The summed E-state index contributed by atoms with van der Waals surface area (Å²) in [6, 6.07) is 11.4. The molecule has 0 fully saturated rings. The Morgan fingerprint density at radius 1 is 0.851 bits per heavy atom. The SMILES string of the molecule is COc1ccc(C(NC(=O)C(Cc2ccc(OCC(=O)O)cc2)NC(=O)c2ccccn2)C(=O)NC(C(=O)C(F)(F)F)C(C)C)cc1. The van der Waals surface area contributed by atoms with Crippen molar-refractivity contribution in [3.8, 4) is 11.5 Å². The van der Waals surface area contributed by atoms with Crippen LogP contribution in [0.2, 0.25) is 0 Å². The molecule has 0 aliphatic rings. The van der Waals surface area contributed by atoms with Crippen molar-refractivity contribution in [1.29, 1.82) is 0 Å². The minimum Gasteiger partial charge on any atom is -0.497 e. The summed E-state index contributed by atoms with van der Waals surface area (Å²) in [5.74, 6) is -6.38. The van der Waals surface area contributed by atoms with Gasteiger partial charge in [-0.2, -0.15) is 13.2 Å². The Kier molecular flexibility index (Phi) is 12.4. The summed E-state index contributed by atoms with van der Waals surface area (Å²) in [5.41, 5.74) is 0.626. The molecule has 0 saturated carbocycles. The Morgan fingerprint density at radius 2 is 1.49 bits per heavy atom. The lowest BCUT2D eigenvalue weighted by molar-refractivity contribution is -0.175. The van der Waals surface area contributed by atoms with Gasteiger partial charge in [0.25, 0.3) is 11.7 Å². The highest BCUT2D eigenvalue weighted by atomic mass is 19.4. The normalized spacial score (nSPS) is 13.1. The minimum atomic E-state index is -5.23. The van der Waals surface area contributed by atoms with E-state index in [-0.39, 0.29) is 23.4 Å². The van der Waals surface area contributed by atoms with Crippen LogP contribution >= 0.6 is 0 Å². The zero-order valence-electron chi connectivity index (χ0n) is 25.5. The first kappa shape index (κ1) is 36.0. The minimum absolute atomic E-state index is 0.0161. The van der Waals surface area contributed by atoms with Crippen LogP contribution in [-0.4, -0.2) is 71.5 Å². The molecular weight excluding hydrogens is 625 g/mol. The van der Waals surface area contributed by atoms with Gasteiger partial charge < -0.3 is 30.5 Å². The number of rotatable bonds is 15. The van der Waals surface area contributed by atoms with E-state index in [0.29, 0.717) is 11.3 Å². The first-order valence-electron chi connectivity index (χ1n) is 14.2. The predicted molar refractivity (Wildman–Crippen MR) is 160 cm³/mol. The number of hydrogen-bond donors (Lipinski definition) is 4. The molecule has 0 spiro atoms. The third kappa shape index (κ3) is 10.5. The summed E-state index contributed by atoms with van der Waals surface area (Å²) in [5, 5.41) is 16.0. The Hall–Kier alpha value is -5.47. The predicted octanol–water partition coefficient (Wildman–Crippen LogP) is 3.02. The van der Waals surface area contributed by atoms with Crippen LogP contribution in [-0.2, 0) is 25.6 Å².